The van der Waals surface area contributed by atoms with Gasteiger partial charge in [-0.05, 0) is 96.3 Å². The zero-order chi connectivity index (χ0) is 61.2. The van der Waals surface area contributed by atoms with E-state index in [1.807, 2.05) is 21.1 Å². The van der Waals surface area contributed by atoms with Gasteiger partial charge in [-0.25, -0.2) is 0 Å². The van der Waals surface area contributed by atoms with Gasteiger partial charge >= 0.3 is 11.9 Å². The molecule has 0 aromatic heterocycles. The number of hydrogen-bond acceptors (Lipinski definition) is 8. The fraction of sp³-hybridized carbons (Fsp3) is 0.730. The summed E-state index contributed by atoms with van der Waals surface area (Å²) in [6, 6.07) is 0. The molecule has 0 heterocycles. The molecule has 0 N–H and O–H groups in total. The van der Waals surface area contributed by atoms with E-state index in [9.17, 15) is 19.0 Å². The fourth-order valence-corrected chi connectivity index (χ4v) is 10.3. The SMILES string of the molecule is CC/C=C\C/C=C\C/C=C\C/C=C\C/C=C\CCCCCCCCCCCCCCCCCCCCCCCC(=O)OC(COC(=O)CCCCCCCCCCCC/C=C\C/C=C\C/C=C\C/C=C\CC)COP(=O)([O-])OCC[N+](C)(C)C. The minimum absolute atomic E-state index is 0.0340. The number of carbonyl (C=O) groups excluding carboxylic acids is 2. The van der Waals surface area contributed by atoms with Gasteiger partial charge in [0.15, 0.2) is 6.10 Å². The number of phosphoric ester groups is 1. The van der Waals surface area contributed by atoms with Crippen molar-refractivity contribution < 1.29 is 42.1 Å². The summed E-state index contributed by atoms with van der Waals surface area (Å²) in [4.78, 5) is 38.0. The minimum Gasteiger partial charge on any atom is -0.756 e. The van der Waals surface area contributed by atoms with Crippen LogP contribution in [0.15, 0.2) is 109 Å². The Morgan fingerprint density at radius 1 is 0.369 bits per heavy atom. The van der Waals surface area contributed by atoms with Gasteiger partial charge in [0.1, 0.15) is 19.8 Å². The molecule has 2 unspecified atom stereocenters. The number of quaternary nitrogens is 1. The fourth-order valence-electron chi connectivity index (χ4n) is 9.56. The van der Waals surface area contributed by atoms with Crippen LogP contribution in [-0.2, 0) is 32.7 Å². The molecule has 484 valence electrons. The molecule has 0 rings (SSSR count). The Balaban J connectivity index is 4.00. The number of likely N-dealkylation sites (N-methyl/N-ethyl adjacent to an activating group) is 1. The smallest absolute Gasteiger partial charge is 0.306 e. The van der Waals surface area contributed by atoms with Crippen molar-refractivity contribution in [2.24, 2.45) is 0 Å². The number of ether oxygens (including phenoxy) is 2. The van der Waals surface area contributed by atoms with Gasteiger partial charge in [0.05, 0.1) is 27.7 Å². The molecule has 84 heavy (non-hydrogen) atoms. The first kappa shape index (κ1) is 80.7. The molecule has 0 radical (unpaired) electrons. The highest BCUT2D eigenvalue weighted by Crippen LogP contribution is 2.38. The van der Waals surface area contributed by atoms with Crippen LogP contribution in [0.3, 0.4) is 0 Å². The van der Waals surface area contributed by atoms with Gasteiger partial charge in [-0.1, -0.05) is 297 Å². The average molecular weight is 1190 g/mol. The second-order valence-corrected chi connectivity index (χ2v) is 25.5. The van der Waals surface area contributed by atoms with E-state index in [-0.39, 0.29) is 32.0 Å². The lowest BCUT2D eigenvalue weighted by Crippen LogP contribution is -2.37. The van der Waals surface area contributed by atoms with Gasteiger partial charge < -0.3 is 27.9 Å². The van der Waals surface area contributed by atoms with Crippen LogP contribution < -0.4 is 4.89 Å². The Labute approximate surface area is 518 Å². The molecule has 0 saturated heterocycles. The molecule has 0 aliphatic rings. The van der Waals surface area contributed by atoms with E-state index in [1.54, 1.807) is 0 Å². The summed E-state index contributed by atoms with van der Waals surface area (Å²) in [5, 5.41) is 0. The Morgan fingerprint density at radius 2 is 0.643 bits per heavy atom. The summed E-state index contributed by atoms with van der Waals surface area (Å²) in [5.74, 6) is -0.831. The summed E-state index contributed by atoms with van der Waals surface area (Å²) in [6.45, 7) is 4.03. The number of allylic oxidation sites excluding steroid dienone is 18. The Morgan fingerprint density at radius 3 is 0.952 bits per heavy atom. The maximum absolute atomic E-state index is 12.9. The molecular formula is C74H130NO8P. The number of nitrogens with zero attached hydrogens (tertiary/aromatic N) is 1. The van der Waals surface area contributed by atoms with E-state index in [0.29, 0.717) is 17.4 Å². The highest BCUT2D eigenvalue weighted by atomic mass is 31.2. The van der Waals surface area contributed by atoms with Crippen LogP contribution >= 0.6 is 7.82 Å². The Bertz CT molecular complexity index is 1790. The van der Waals surface area contributed by atoms with Crippen molar-refractivity contribution in [3.8, 4) is 0 Å². The van der Waals surface area contributed by atoms with Gasteiger partial charge in [-0.3, -0.25) is 14.2 Å². The zero-order valence-corrected chi connectivity index (χ0v) is 56.0. The van der Waals surface area contributed by atoms with Crippen LogP contribution in [0.5, 0.6) is 0 Å². The average Bonchev–Trinajstić information content (AvgIpc) is 3.61. The van der Waals surface area contributed by atoms with Crippen LogP contribution in [-0.4, -0.2) is 70.0 Å². The van der Waals surface area contributed by atoms with Crippen molar-refractivity contribution in [2.75, 3.05) is 47.5 Å². The third-order valence-electron chi connectivity index (χ3n) is 14.8. The predicted molar refractivity (Wildman–Crippen MR) is 360 cm³/mol. The number of unbranched alkanes of at least 4 members (excludes halogenated alkanes) is 31. The van der Waals surface area contributed by atoms with Crippen molar-refractivity contribution in [3.63, 3.8) is 0 Å². The van der Waals surface area contributed by atoms with E-state index in [1.165, 1.54) is 154 Å². The molecule has 9 nitrogen and oxygen atoms in total. The number of phosphoric acid groups is 1. The van der Waals surface area contributed by atoms with Gasteiger partial charge in [0.2, 0.25) is 0 Å². The Hall–Kier alpha value is -3.33. The monoisotopic (exact) mass is 1190 g/mol. The van der Waals surface area contributed by atoms with Gasteiger partial charge in [-0.2, -0.15) is 0 Å². The van der Waals surface area contributed by atoms with E-state index < -0.39 is 26.5 Å². The van der Waals surface area contributed by atoms with Crippen LogP contribution in [0, 0.1) is 0 Å². The topological polar surface area (TPSA) is 111 Å². The van der Waals surface area contributed by atoms with Gasteiger partial charge in [-0.15, -0.1) is 0 Å². The molecule has 0 bridgehead atoms. The van der Waals surface area contributed by atoms with E-state index in [2.05, 4.69) is 123 Å². The molecule has 0 aromatic rings. The summed E-state index contributed by atoms with van der Waals surface area (Å²) in [7, 11) is 1.16. The standard InChI is InChI=1S/C74H130NO8P/c1-6-8-10-12-14-16-18-20-22-24-26-28-30-31-32-33-34-35-36-37-38-39-40-41-42-43-45-47-49-51-53-55-57-59-61-63-65-67-74(77)83-72(71-82-84(78,79)81-69-68-75(3,4)5)70-80-73(76)66-64-62-60-58-56-54-52-50-48-46-44-29-27-25-23-21-19-17-15-13-11-9-7-2/h8-11,14-17,20-23,26-29,31-32,72H,6-7,12-13,18-19,24-25,30,33-71H2,1-5H3/b10-8-,11-9-,16-14-,17-15-,22-20-,23-21-,28-26-,29-27-,32-31-. The molecule has 0 aliphatic heterocycles. The lowest BCUT2D eigenvalue weighted by Gasteiger charge is -2.28. The summed E-state index contributed by atoms with van der Waals surface area (Å²) in [5.41, 5.74) is 0. The number of rotatable bonds is 63. The predicted octanol–water partition coefficient (Wildman–Crippen LogP) is 21.9. The van der Waals surface area contributed by atoms with Crippen molar-refractivity contribution >= 4 is 19.8 Å². The highest BCUT2D eigenvalue weighted by molar-refractivity contribution is 7.45. The second kappa shape index (κ2) is 64.2. The number of esters is 2. The third kappa shape index (κ3) is 67.8. The molecule has 10 heteroatoms. The number of hydrogen-bond donors (Lipinski definition) is 0. The second-order valence-electron chi connectivity index (χ2n) is 24.1. The summed E-state index contributed by atoms with van der Waals surface area (Å²) < 4.78 is 34.3. The third-order valence-corrected chi connectivity index (χ3v) is 15.8. The molecule has 0 fully saturated rings. The van der Waals surface area contributed by atoms with Crippen molar-refractivity contribution in [3.05, 3.63) is 109 Å². The lowest BCUT2D eigenvalue weighted by atomic mass is 10.0. The first-order valence-corrected chi connectivity index (χ1v) is 36.1. The molecule has 0 spiro atoms. The highest BCUT2D eigenvalue weighted by Gasteiger charge is 2.22. The Kier molecular flexibility index (Phi) is 61.6. The van der Waals surface area contributed by atoms with E-state index in [0.717, 1.165) is 109 Å². The van der Waals surface area contributed by atoms with E-state index >= 15 is 0 Å². The van der Waals surface area contributed by atoms with Crippen LogP contribution in [0.2, 0.25) is 0 Å². The first-order valence-electron chi connectivity index (χ1n) is 34.6. The molecule has 0 saturated carbocycles. The van der Waals surface area contributed by atoms with Gasteiger partial charge in [0.25, 0.3) is 7.82 Å². The molecule has 0 amide bonds. The maximum atomic E-state index is 12.9. The van der Waals surface area contributed by atoms with Crippen LogP contribution in [0.4, 0.5) is 0 Å². The zero-order valence-electron chi connectivity index (χ0n) is 55.1. The molecule has 0 aliphatic carbocycles. The van der Waals surface area contributed by atoms with Crippen molar-refractivity contribution in [1.82, 2.24) is 0 Å². The number of carbonyl (C=O) groups is 2. The lowest BCUT2D eigenvalue weighted by molar-refractivity contribution is -0.870. The normalized spacial score (nSPS) is 13.8. The quantitative estimate of drug-likeness (QED) is 0.0195. The van der Waals surface area contributed by atoms with Gasteiger partial charge in [0, 0.05) is 12.8 Å². The molecular weight excluding hydrogens is 1060 g/mol. The van der Waals surface area contributed by atoms with Crippen LogP contribution in [0.25, 0.3) is 0 Å². The maximum Gasteiger partial charge on any atom is 0.306 e. The summed E-state index contributed by atoms with van der Waals surface area (Å²) >= 11 is 0. The molecule has 0 aromatic carbocycles. The van der Waals surface area contributed by atoms with E-state index in [4.69, 9.17) is 18.5 Å². The first-order chi connectivity index (χ1) is 41.0. The van der Waals surface area contributed by atoms with Crippen LogP contribution in [0.1, 0.15) is 296 Å². The largest absolute Gasteiger partial charge is 0.756 e. The molecule has 2 atom stereocenters. The van der Waals surface area contributed by atoms with Crippen molar-refractivity contribution in [2.45, 2.75) is 302 Å². The summed E-state index contributed by atoms with van der Waals surface area (Å²) in [6.07, 6.45) is 90.3. The van der Waals surface area contributed by atoms with Crippen molar-refractivity contribution in [1.29, 1.82) is 0 Å². The minimum atomic E-state index is -4.65.